The van der Waals surface area contributed by atoms with Crippen molar-refractivity contribution in [2.45, 2.75) is 33.6 Å². The Morgan fingerprint density at radius 2 is 2.06 bits per heavy atom. The molecule has 2 fully saturated rings. The second-order valence-electron chi connectivity index (χ2n) is 5.72. The Hall–Kier alpha value is -0.420. The van der Waals surface area contributed by atoms with Gasteiger partial charge in [0.25, 0.3) is 5.91 Å². The number of hydrogen-bond donors (Lipinski definition) is 1. The minimum atomic E-state index is -3.98. The number of amides is 1. The molecule has 0 saturated heterocycles. The molecular formula is C11H17ClNO3S+. The number of nitrogens with one attached hydrogen (secondary N) is 1. The second kappa shape index (κ2) is 3.79. The first kappa shape index (κ1) is 13.0. The van der Waals surface area contributed by atoms with Crippen LogP contribution < -0.4 is 4.72 Å². The lowest BCUT2D eigenvalue weighted by atomic mass is 9.79. The van der Waals surface area contributed by atoms with Crippen LogP contribution in [0.1, 0.15) is 33.6 Å². The standard InChI is InChI=1S/C11H16ClNO3S/c1-6-4-5-7-9(11(7,2)3)8(6)10(14)13-17(12,15)16/h7-9H,4-5H2,1-3H3/p+1/t7-,8-,9-/m1/s1. The zero-order chi connectivity index (χ0) is 13.0. The Balaban J connectivity index is 2.16. The smallest absolute Gasteiger partial charge is 0.269 e. The zero-order valence-corrected chi connectivity index (χ0v) is 11.7. The van der Waals surface area contributed by atoms with Gasteiger partial charge in [0, 0.05) is 16.6 Å². The number of carbonyl (C=O) groups is 1. The second-order valence-corrected chi connectivity index (χ2v) is 8.02. The summed E-state index contributed by atoms with van der Waals surface area (Å²) in [5.41, 5.74) is 0.135. The van der Waals surface area contributed by atoms with Crippen LogP contribution >= 0.6 is 10.7 Å². The highest BCUT2D eigenvalue weighted by atomic mass is 35.7. The zero-order valence-electron chi connectivity index (χ0n) is 10.2. The number of fused-ring (bicyclic) bond motifs is 1. The number of halogens is 1. The van der Waals surface area contributed by atoms with Crippen molar-refractivity contribution in [3.63, 3.8) is 0 Å². The Labute approximate surface area is 107 Å². The van der Waals surface area contributed by atoms with Crippen molar-refractivity contribution in [2.24, 2.45) is 23.2 Å². The fourth-order valence-corrected chi connectivity index (χ4v) is 4.01. The summed E-state index contributed by atoms with van der Waals surface area (Å²) in [7, 11) is 1.08. The van der Waals surface area contributed by atoms with E-state index in [1.165, 1.54) is 0 Å². The topological polar surface area (TPSA) is 63.2 Å². The van der Waals surface area contributed by atoms with E-state index in [9.17, 15) is 13.2 Å². The van der Waals surface area contributed by atoms with Crippen LogP contribution in [0.2, 0.25) is 0 Å². The van der Waals surface area contributed by atoms with Gasteiger partial charge in [-0.3, -0.25) is 4.79 Å². The molecule has 2 aliphatic rings. The van der Waals surface area contributed by atoms with Gasteiger partial charge in [-0.15, -0.1) is 0 Å². The average Bonchev–Trinajstić information content (AvgIpc) is 2.65. The minimum absolute atomic E-state index is 0.135. The van der Waals surface area contributed by atoms with Crippen LogP contribution in [-0.2, 0) is 14.0 Å². The van der Waals surface area contributed by atoms with Crippen LogP contribution in [0.25, 0.3) is 0 Å². The lowest BCUT2D eigenvalue weighted by molar-refractivity contribution is -0.123. The third-order valence-electron chi connectivity index (χ3n) is 4.38. The van der Waals surface area contributed by atoms with Gasteiger partial charge >= 0.3 is 9.24 Å². The molecule has 96 valence electrons. The molecule has 0 aromatic heterocycles. The molecule has 6 heteroatoms. The van der Waals surface area contributed by atoms with Gasteiger partial charge in [-0.2, -0.15) is 8.42 Å². The predicted octanol–water partition coefficient (Wildman–Crippen LogP) is 1.86. The molecule has 1 amide bonds. The molecule has 0 unspecified atom stereocenters. The van der Waals surface area contributed by atoms with Crippen molar-refractivity contribution in [1.29, 1.82) is 0 Å². The van der Waals surface area contributed by atoms with Gasteiger partial charge in [-0.1, -0.05) is 13.8 Å². The summed E-state index contributed by atoms with van der Waals surface area (Å²) in [6.45, 7) is 6.20. The molecule has 2 rings (SSSR count). The molecule has 0 radical (unpaired) electrons. The van der Waals surface area contributed by atoms with Crippen molar-refractivity contribution in [2.75, 3.05) is 0 Å². The first-order valence-corrected chi connectivity index (χ1v) is 8.04. The van der Waals surface area contributed by atoms with Gasteiger partial charge in [-0.05, 0) is 17.8 Å². The largest absolute Gasteiger partial charge is 0.321 e. The quantitative estimate of drug-likeness (QED) is 0.619. The van der Waals surface area contributed by atoms with Gasteiger partial charge in [-0.25, -0.2) is 4.72 Å². The van der Waals surface area contributed by atoms with Crippen molar-refractivity contribution in [3.05, 3.63) is 5.92 Å². The predicted molar refractivity (Wildman–Crippen MR) is 65.3 cm³/mol. The average molecular weight is 279 g/mol. The van der Waals surface area contributed by atoms with Crippen molar-refractivity contribution in [1.82, 2.24) is 4.72 Å². The van der Waals surface area contributed by atoms with Crippen molar-refractivity contribution in [3.8, 4) is 0 Å². The van der Waals surface area contributed by atoms with E-state index in [4.69, 9.17) is 10.7 Å². The van der Waals surface area contributed by atoms with Crippen LogP contribution in [0, 0.1) is 29.1 Å². The maximum atomic E-state index is 12.0. The molecule has 0 bridgehead atoms. The van der Waals surface area contributed by atoms with Crippen molar-refractivity contribution < 1.29 is 13.2 Å². The van der Waals surface area contributed by atoms with E-state index in [0.29, 0.717) is 5.92 Å². The summed E-state index contributed by atoms with van der Waals surface area (Å²) >= 11 is 0. The molecular weight excluding hydrogens is 262 g/mol. The molecule has 17 heavy (non-hydrogen) atoms. The fourth-order valence-electron chi connectivity index (χ4n) is 3.42. The van der Waals surface area contributed by atoms with E-state index in [2.05, 4.69) is 13.8 Å². The summed E-state index contributed by atoms with van der Waals surface area (Å²) < 4.78 is 23.7. The van der Waals surface area contributed by atoms with E-state index >= 15 is 0 Å². The van der Waals surface area contributed by atoms with Gasteiger partial charge in [0.2, 0.25) is 0 Å². The van der Waals surface area contributed by atoms with Crippen LogP contribution in [0.15, 0.2) is 0 Å². The van der Waals surface area contributed by atoms with Crippen LogP contribution in [0.5, 0.6) is 0 Å². The first-order chi connectivity index (χ1) is 7.64. The van der Waals surface area contributed by atoms with Crippen LogP contribution in [0.4, 0.5) is 0 Å². The van der Waals surface area contributed by atoms with E-state index in [1.54, 1.807) is 0 Å². The molecule has 0 aliphatic heterocycles. The maximum Gasteiger partial charge on any atom is 0.321 e. The SMILES string of the molecule is C[C+]1CC[C@@H]2[C@H]([C@@H]1C(=O)NS(=O)(=O)Cl)C2(C)C. The molecule has 2 aliphatic carbocycles. The van der Waals surface area contributed by atoms with Gasteiger partial charge < -0.3 is 0 Å². The van der Waals surface area contributed by atoms with E-state index < -0.39 is 15.1 Å². The van der Waals surface area contributed by atoms with E-state index in [0.717, 1.165) is 18.8 Å². The Kier molecular flexibility index (Phi) is 2.90. The monoisotopic (exact) mass is 278 g/mol. The van der Waals surface area contributed by atoms with E-state index in [1.807, 2.05) is 11.6 Å². The normalized spacial score (nSPS) is 35.1. The number of rotatable bonds is 2. The van der Waals surface area contributed by atoms with E-state index in [-0.39, 0.29) is 17.3 Å². The van der Waals surface area contributed by atoms with Gasteiger partial charge in [0.1, 0.15) is 5.92 Å². The molecule has 3 atom stereocenters. The summed E-state index contributed by atoms with van der Waals surface area (Å²) in [5, 5.41) is 0. The number of carbonyl (C=O) groups excluding carboxylic acids is 1. The fraction of sp³-hybridized carbons (Fsp3) is 0.818. The van der Waals surface area contributed by atoms with Crippen LogP contribution in [0.3, 0.4) is 0 Å². The number of hydrogen-bond acceptors (Lipinski definition) is 3. The Morgan fingerprint density at radius 1 is 1.47 bits per heavy atom. The highest BCUT2D eigenvalue weighted by molar-refractivity contribution is 8.12. The molecule has 0 spiro atoms. The van der Waals surface area contributed by atoms with Crippen LogP contribution in [-0.4, -0.2) is 14.3 Å². The third kappa shape index (κ3) is 2.27. The maximum absolute atomic E-state index is 12.0. The molecule has 0 aromatic rings. The molecule has 0 aromatic carbocycles. The Morgan fingerprint density at radius 3 is 2.59 bits per heavy atom. The van der Waals surface area contributed by atoms with Gasteiger partial charge in [0.15, 0.2) is 5.92 Å². The first-order valence-electron chi connectivity index (χ1n) is 5.73. The summed E-state index contributed by atoms with van der Waals surface area (Å²) in [6, 6.07) is 0. The Bertz CT molecular complexity index is 446. The summed E-state index contributed by atoms with van der Waals surface area (Å²) in [6.07, 6.45) is 1.99. The minimum Gasteiger partial charge on any atom is -0.269 e. The molecule has 0 heterocycles. The lowest BCUT2D eigenvalue weighted by Gasteiger charge is -2.18. The van der Waals surface area contributed by atoms with Gasteiger partial charge in [0.05, 0.1) is 13.3 Å². The third-order valence-corrected chi connectivity index (χ3v) is 5.06. The highest BCUT2D eigenvalue weighted by Gasteiger charge is 2.69. The van der Waals surface area contributed by atoms with Crippen molar-refractivity contribution >= 4 is 25.8 Å². The highest BCUT2D eigenvalue weighted by Crippen LogP contribution is 2.68. The molecule has 2 saturated carbocycles. The molecule has 4 nitrogen and oxygen atoms in total. The summed E-state index contributed by atoms with van der Waals surface area (Å²) in [4.78, 5) is 12.0. The lowest BCUT2D eigenvalue weighted by Crippen LogP contribution is -2.38. The summed E-state index contributed by atoms with van der Waals surface area (Å²) in [5.74, 6) is 1.07. The molecule has 1 N–H and O–H groups in total.